The van der Waals surface area contributed by atoms with Crippen LogP contribution in [0.4, 0.5) is 0 Å². The van der Waals surface area contributed by atoms with Crippen LogP contribution in [0.2, 0.25) is 0 Å². The molecule has 0 radical (unpaired) electrons. The number of aryl methyl sites for hydroxylation is 1. The molecule has 0 bridgehead atoms. The first kappa shape index (κ1) is 17.4. The van der Waals surface area contributed by atoms with E-state index in [0.29, 0.717) is 19.4 Å². The number of nitrogens with zero attached hydrogens (tertiary/aromatic N) is 1. The van der Waals surface area contributed by atoms with Gasteiger partial charge in [0.05, 0.1) is 11.8 Å². The van der Waals surface area contributed by atoms with Gasteiger partial charge in [0.25, 0.3) is 0 Å². The van der Waals surface area contributed by atoms with Crippen molar-refractivity contribution in [1.29, 1.82) is 0 Å². The van der Waals surface area contributed by atoms with Crippen LogP contribution in [0.25, 0.3) is 0 Å². The molecule has 1 aliphatic heterocycles. The molecule has 1 heterocycles. The zero-order valence-electron chi connectivity index (χ0n) is 14.5. The third kappa shape index (κ3) is 3.65. The molecule has 2 aliphatic rings. The van der Waals surface area contributed by atoms with E-state index in [4.69, 9.17) is 0 Å². The van der Waals surface area contributed by atoms with Crippen molar-refractivity contribution < 1.29 is 14.4 Å². The van der Waals surface area contributed by atoms with Crippen molar-refractivity contribution in [3.05, 3.63) is 48.0 Å². The van der Waals surface area contributed by atoms with Crippen molar-refractivity contribution in [3.8, 4) is 0 Å². The van der Waals surface area contributed by atoms with Gasteiger partial charge in [0.1, 0.15) is 6.04 Å². The first-order valence-corrected chi connectivity index (χ1v) is 8.93. The fourth-order valence-electron chi connectivity index (χ4n) is 3.62. The van der Waals surface area contributed by atoms with Crippen LogP contribution in [0.5, 0.6) is 0 Å². The van der Waals surface area contributed by atoms with Crippen molar-refractivity contribution in [3.63, 3.8) is 0 Å². The molecule has 0 unspecified atom stereocenters. The Hall–Kier alpha value is -2.43. The fraction of sp³-hybridized carbons (Fsp3) is 0.450. The summed E-state index contributed by atoms with van der Waals surface area (Å²) in [6.07, 6.45) is 6.79. The predicted octanol–water partition coefficient (Wildman–Crippen LogP) is 2.08. The van der Waals surface area contributed by atoms with E-state index in [1.165, 1.54) is 10.5 Å². The molecule has 3 rings (SSSR count). The highest BCUT2D eigenvalue weighted by Crippen LogP contribution is 2.36. The van der Waals surface area contributed by atoms with Gasteiger partial charge in [-0.05, 0) is 38.2 Å². The largest absolute Gasteiger partial charge is 0.354 e. The van der Waals surface area contributed by atoms with E-state index in [1.54, 1.807) is 6.92 Å². The van der Waals surface area contributed by atoms with E-state index in [-0.39, 0.29) is 29.6 Å². The molecular formula is C20H24N2O3. The highest BCUT2D eigenvalue weighted by atomic mass is 16.2. The van der Waals surface area contributed by atoms with Gasteiger partial charge in [-0.15, -0.1) is 0 Å². The Labute approximate surface area is 148 Å². The third-order valence-electron chi connectivity index (χ3n) is 5.09. The van der Waals surface area contributed by atoms with Crippen molar-refractivity contribution in [1.82, 2.24) is 10.2 Å². The summed E-state index contributed by atoms with van der Waals surface area (Å²) in [5.74, 6) is -1.24. The SMILES string of the molecule is C[C@H](C(=O)NCCCc1ccccc1)N1C(=O)[C@H]2CC=CC[C@@H]2C1=O. The van der Waals surface area contributed by atoms with Gasteiger partial charge in [-0.2, -0.15) is 0 Å². The normalized spacial score (nSPS) is 23.5. The van der Waals surface area contributed by atoms with Crippen molar-refractivity contribution >= 4 is 17.7 Å². The number of hydrogen-bond acceptors (Lipinski definition) is 3. The lowest BCUT2D eigenvalue weighted by Crippen LogP contribution is -2.48. The van der Waals surface area contributed by atoms with Gasteiger partial charge in [-0.3, -0.25) is 19.3 Å². The van der Waals surface area contributed by atoms with E-state index in [2.05, 4.69) is 17.4 Å². The molecule has 5 heteroatoms. The number of allylic oxidation sites excluding steroid dienone is 2. The molecular weight excluding hydrogens is 316 g/mol. The van der Waals surface area contributed by atoms with Gasteiger partial charge < -0.3 is 5.32 Å². The number of benzene rings is 1. The smallest absolute Gasteiger partial charge is 0.243 e. The summed E-state index contributed by atoms with van der Waals surface area (Å²) < 4.78 is 0. The number of likely N-dealkylation sites (tertiary alicyclic amines) is 1. The van der Waals surface area contributed by atoms with Crippen LogP contribution in [0, 0.1) is 11.8 Å². The second kappa shape index (κ2) is 7.64. The zero-order valence-corrected chi connectivity index (χ0v) is 14.5. The van der Waals surface area contributed by atoms with E-state index in [1.807, 2.05) is 30.4 Å². The topological polar surface area (TPSA) is 66.5 Å². The summed E-state index contributed by atoms with van der Waals surface area (Å²) in [7, 11) is 0. The van der Waals surface area contributed by atoms with Gasteiger partial charge in [0, 0.05) is 6.54 Å². The van der Waals surface area contributed by atoms with Gasteiger partial charge in [0.15, 0.2) is 0 Å². The molecule has 25 heavy (non-hydrogen) atoms. The van der Waals surface area contributed by atoms with E-state index in [0.717, 1.165) is 12.8 Å². The quantitative estimate of drug-likeness (QED) is 0.490. The number of carbonyl (C=O) groups is 3. The predicted molar refractivity (Wildman–Crippen MR) is 94.4 cm³/mol. The summed E-state index contributed by atoms with van der Waals surface area (Å²) in [6, 6.07) is 9.33. The average molecular weight is 340 g/mol. The minimum absolute atomic E-state index is 0.203. The first-order chi connectivity index (χ1) is 12.1. The Morgan fingerprint density at radius 1 is 1.12 bits per heavy atom. The van der Waals surface area contributed by atoms with Crippen LogP contribution in [0.1, 0.15) is 31.7 Å². The molecule has 1 saturated heterocycles. The lowest BCUT2D eigenvalue weighted by molar-refractivity contribution is -0.147. The lowest BCUT2D eigenvalue weighted by Gasteiger charge is -2.22. The van der Waals surface area contributed by atoms with Crippen molar-refractivity contribution in [2.45, 2.75) is 38.6 Å². The van der Waals surface area contributed by atoms with Gasteiger partial charge >= 0.3 is 0 Å². The molecule has 5 nitrogen and oxygen atoms in total. The number of nitrogens with one attached hydrogen (secondary N) is 1. The molecule has 0 spiro atoms. The zero-order chi connectivity index (χ0) is 17.8. The fourth-order valence-corrected chi connectivity index (χ4v) is 3.62. The summed E-state index contributed by atoms with van der Waals surface area (Å²) in [5.41, 5.74) is 1.23. The number of amides is 3. The van der Waals surface area contributed by atoms with Crippen molar-refractivity contribution in [2.24, 2.45) is 11.8 Å². The Kier molecular flexibility index (Phi) is 5.31. The van der Waals surface area contributed by atoms with Crippen LogP contribution in [0.15, 0.2) is 42.5 Å². The van der Waals surface area contributed by atoms with Gasteiger partial charge in [0.2, 0.25) is 17.7 Å². The number of imide groups is 1. The minimum atomic E-state index is -0.748. The summed E-state index contributed by atoms with van der Waals surface area (Å²) >= 11 is 0. The molecule has 3 amide bonds. The van der Waals surface area contributed by atoms with Gasteiger partial charge in [-0.1, -0.05) is 42.5 Å². The highest BCUT2D eigenvalue weighted by molar-refractivity contribution is 6.08. The Morgan fingerprint density at radius 2 is 1.72 bits per heavy atom. The average Bonchev–Trinajstić information content (AvgIpc) is 2.90. The van der Waals surface area contributed by atoms with Gasteiger partial charge in [-0.25, -0.2) is 0 Å². The standard InChI is InChI=1S/C20H24N2O3/c1-14(18(23)21-13-7-10-15-8-3-2-4-9-15)22-19(24)16-11-5-6-12-17(16)20(22)25/h2-6,8-9,14,16-17H,7,10-13H2,1H3,(H,21,23)/t14-,16+,17+/m1/s1. The Morgan fingerprint density at radius 3 is 2.32 bits per heavy atom. The first-order valence-electron chi connectivity index (χ1n) is 8.93. The number of rotatable bonds is 6. The molecule has 1 fully saturated rings. The second-order valence-electron chi connectivity index (χ2n) is 6.76. The van der Waals surface area contributed by atoms with Crippen LogP contribution in [-0.2, 0) is 20.8 Å². The second-order valence-corrected chi connectivity index (χ2v) is 6.76. The third-order valence-corrected chi connectivity index (χ3v) is 5.09. The number of hydrogen-bond donors (Lipinski definition) is 1. The molecule has 132 valence electrons. The van der Waals surface area contributed by atoms with Crippen LogP contribution >= 0.6 is 0 Å². The highest BCUT2D eigenvalue weighted by Gasteiger charge is 2.49. The monoisotopic (exact) mass is 340 g/mol. The molecule has 1 aliphatic carbocycles. The maximum atomic E-state index is 12.5. The lowest BCUT2D eigenvalue weighted by atomic mass is 9.85. The van der Waals surface area contributed by atoms with E-state index < -0.39 is 6.04 Å². The summed E-state index contributed by atoms with van der Waals surface area (Å²) in [5, 5.41) is 2.85. The van der Waals surface area contributed by atoms with Crippen LogP contribution in [-0.4, -0.2) is 35.2 Å². The molecule has 1 N–H and O–H groups in total. The molecule has 3 atom stereocenters. The summed E-state index contributed by atoms with van der Waals surface area (Å²) in [4.78, 5) is 38.5. The molecule has 1 aromatic rings. The maximum Gasteiger partial charge on any atom is 0.243 e. The number of carbonyl (C=O) groups excluding carboxylic acids is 3. The van der Waals surface area contributed by atoms with Crippen molar-refractivity contribution in [2.75, 3.05) is 6.54 Å². The maximum absolute atomic E-state index is 12.5. The van der Waals surface area contributed by atoms with Crippen LogP contribution in [0.3, 0.4) is 0 Å². The van der Waals surface area contributed by atoms with Crippen LogP contribution < -0.4 is 5.32 Å². The molecule has 1 aromatic carbocycles. The summed E-state index contributed by atoms with van der Waals surface area (Å²) in [6.45, 7) is 2.16. The van der Waals surface area contributed by atoms with E-state index >= 15 is 0 Å². The Bertz CT molecular complexity index is 657. The van der Waals surface area contributed by atoms with E-state index in [9.17, 15) is 14.4 Å². The molecule has 0 saturated carbocycles. The Balaban J connectivity index is 1.50. The number of fused-ring (bicyclic) bond motifs is 1. The molecule has 0 aromatic heterocycles. The minimum Gasteiger partial charge on any atom is -0.354 e.